The molecule has 0 spiro atoms. The van der Waals surface area contributed by atoms with E-state index in [-0.39, 0.29) is 0 Å². The number of hydrogen-bond acceptors (Lipinski definition) is 2. The Hall–Kier alpha value is -1.90. The molecule has 78 valence electrons. The number of aromatic nitrogens is 1. The van der Waals surface area contributed by atoms with Crippen molar-refractivity contribution in [3.63, 3.8) is 0 Å². The Kier molecular flexibility index (Phi) is 2.93. The third kappa shape index (κ3) is 2.31. The Labute approximate surface area is 89.1 Å². The zero-order valence-corrected chi connectivity index (χ0v) is 8.66. The fourth-order valence-electron chi connectivity index (χ4n) is 1.46. The molecule has 3 nitrogen and oxygen atoms in total. The fraction of sp³-hybridized carbons (Fsp3) is 0.167. The van der Waals surface area contributed by atoms with Gasteiger partial charge < -0.3 is 15.0 Å². The first kappa shape index (κ1) is 9.65. The Morgan fingerprint density at radius 3 is 2.87 bits per heavy atom. The maximum absolute atomic E-state index is 5.24. The second-order valence-corrected chi connectivity index (χ2v) is 3.27. The zero-order chi connectivity index (χ0) is 10.5. The van der Waals surface area contributed by atoms with Crippen LogP contribution in [0, 0.1) is 0 Å². The molecule has 1 aromatic heterocycles. The average Bonchev–Trinajstić information content (AvgIpc) is 2.79. The molecule has 0 aliphatic rings. The van der Waals surface area contributed by atoms with Gasteiger partial charge in [0.05, 0.1) is 12.8 Å². The van der Waals surface area contributed by atoms with Crippen molar-refractivity contribution in [2.45, 2.75) is 6.54 Å². The van der Waals surface area contributed by atoms with Crippen LogP contribution in [0.15, 0.2) is 42.7 Å². The summed E-state index contributed by atoms with van der Waals surface area (Å²) in [4.78, 5) is 3.02. The van der Waals surface area contributed by atoms with Gasteiger partial charge in [0.25, 0.3) is 0 Å². The van der Waals surface area contributed by atoms with E-state index in [9.17, 15) is 0 Å². The molecule has 0 atom stereocenters. The summed E-state index contributed by atoms with van der Waals surface area (Å²) in [6.45, 7) is 0.796. The highest BCUT2D eigenvalue weighted by atomic mass is 16.5. The fourth-order valence-corrected chi connectivity index (χ4v) is 1.46. The molecular weight excluding hydrogens is 188 g/mol. The van der Waals surface area contributed by atoms with E-state index in [4.69, 9.17) is 4.74 Å². The molecule has 2 rings (SSSR count). The van der Waals surface area contributed by atoms with E-state index in [0.29, 0.717) is 0 Å². The summed E-state index contributed by atoms with van der Waals surface area (Å²) in [6.07, 6.45) is 3.89. The Morgan fingerprint density at radius 1 is 1.27 bits per heavy atom. The molecule has 0 radical (unpaired) electrons. The summed E-state index contributed by atoms with van der Waals surface area (Å²) in [6, 6.07) is 9.94. The number of para-hydroxylation sites is 2. The van der Waals surface area contributed by atoms with E-state index in [1.165, 1.54) is 5.56 Å². The van der Waals surface area contributed by atoms with Gasteiger partial charge in [-0.2, -0.15) is 0 Å². The van der Waals surface area contributed by atoms with Gasteiger partial charge in [-0.25, -0.2) is 0 Å². The molecular formula is C12H14N2O. The van der Waals surface area contributed by atoms with Crippen LogP contribution in [0.25, 0.3) is 0 Å². The van der Waals surface area contributed by atoms with Crippen LogP contribution in [0.3, 0.4) is 0 Å². The van der Waals surface area contributed by atoms with E-state index in [1.54, 1.807) is 7.11 Å². The standard InChI is InChI=1S/C12H14N2O/c1-15-12-5-3-2-4-11(12)14-9-10-6-7-13-8-10/h2-8,13-14H,9H2,1H3. The number of anilines is 1. The zero-order valence-electron chi connectivity index (χ0n) is 8.66. The molecule has 0 aliphatic carbocycles. The largest absolute Gasteiger partial charge is 0.495 e. The van der Waals surface area contributed by atoms with Crippen molar-refractivity contribution < 1.29 is 4.74 Å². The molecule has 0 unspecified atom stereocenters. The molecule has 2 aromatic rings. The van der Waals surface area contributed by atoms with Crippen molar-refractivity contribution >= 4 is 5.69 Å². The highest BCUT2D eigenvalue weighted by Gasteiger charge is 2.00. The summed E-state index contributed by atoms with van der Waals surface area (Å²) in [5, 5.41) is 3.32. The molecule has 1 heterocycles. The Bertz CT molecular complexity index is 409. The molecule has 0 bridgehead atoms. The minimum Gasteiger partial charge on any atom is -0.495 e. The maximum atomic E-state index is 5.24. The lowest BCUT2D eigenvalue weighted by molar-refractivity contribution is 0.416. The van der Waals surface area contributed by atoms with Crippen LogP contribution < -0.4 is 10.1 Å². The first-order valence-corrected chi connectivity index (χ1v) is 4.88. The van der Waals surface area contributed by atoms with Crippen LogP contribution in [-0.2, 0) is 6.54 Å². The highest BCUT2D eigenvalue weighted by Crippen LogP contribution is 2.23. The quantitative estimate of drug-likeness (QED) is 0.799. The lowest BCUT2D eigenvalue weighted by Crippen LogP contribution is -2.00. The van der Waals surface area contributed by atoms with Crippen molar-refractivity contribution in [3.8, 4) is 5.75 Å². The van der Waals surface area contributed by atoms with Gasteiger partial charge in [0, 0.05) is 18.9 Å². The molecule has 0 amide bonds. The third-order valence-electron chi connectivity index (χ3n) is 2.25. The molecule has 0 saturated heterocycles. The number of benzene rings is 1. The molecule has 3 heteroatoms. The average molecular weight is 202 g/mol. The smallest absolute Gasteiger partial charge is 0.141 e. The predicted molar refractivity (Wildman–Crippen MR) is 61.1 cm³/mol. The summed E-state index contributed by atoms with van der Waals surface area (Å²) >= 11 is 0. The van der Waals surface area contributed by atoms with Crippen LogP contribution in [0.1, 0.15) is 5.56 Å². The van der Waals surface area contributed by atoms with E-state index >= 15 is 0 Å². The summed E-state index contributed by atoms with van der Waals surface area (Å²) in [7, 11) is 1.68. The molecule has 2 N–H and O–H groups in total. The van der Waals surface area contributed by atoms with E-state index < -0.39 is 0 Å². The van der Waals surface area contributed by atoms with Crippen molar-refractivity contribution in [2.24, 2.45) is 0 Å². The van der Waals surface area contributed by atoms with Crippen molar-refractivity contribution in [1.29, 1.82) is 0 Å². The van der Waals surface area contributed by atoms with Crippen LogP contribution in [0.5, 0.6) is 5.75 Å². The second-order valence-electron chi connectivity index (χ2n) is 3.27. The number of H-pyrrole nitrogens is 1. The highest BCUT2D eigenvalue weighted by molar-refractivity contribution is 5.56. The van der Waals surface area contributed by atoms with E-state index in [2.05, 4.69) is 10.3 Å². The van der Waals surface area contributed by atoms with Crippen LogP contribution >= 0.6 is 0 Å². The van der Waals surface area contributed by atoms with Crippen molar-refractivity contribution in [3.05, 3.63) is 48.3 Å². The van der Waals surface area contributed by atoms with Gasteiger partial charge >= 0.3 is 0 Å². The molecule has 0 aliphatic heterocycles. The lowest BCUT2D eigenvalue weighted by Gasteiger charge is -2.09. The number of ether oxygens (including phenoxy) is 1. The van der Waals surface area contributed by atoms with E-state index in [0.717, 1.165) is 18.0 Å². The summed E-state index contributed by atoms with van der Waals surface area (Å²) in [5.74, 6) is 0.869. The van der Waals surface area contributed by atoms with Gasteiger partial charge in [0.2, 0.25) is 0 Å². The maximum Gasteiger partial charge on any atom is 0.141 e. The van der Waals surface area contributed by atoms with E-state index in [1.807, 2.05) is 42.7 Å². The molecule has 0 fully saturated rings. The van der Waals surface area contributed by atoms with Gasteiger partial charge in [-0.15, -0.1) is 0 Å². The van der Waals surface area contributed by atoms with Gasteiger partial charge in [-0.05, 0) is 23.8 Å². The summed E-state index contributed by atoms with van der Waals surface area (Å²) in [5.41, 5.74) is 2.24. The van der Waals surface area contributed by atoms with Gasteiger partial charge in [0.15, 0.2) is 0 Å². The summed E-state index contributed by atoms with van der Waals surface area (Å²) < 4.78 is 5.24. The monoisotopic (exact) mass is 202 g/mol. The first-order chi connectivity index (χ1) is 7.40. The van der Waals surface area contributed by atoms with Gasteiger partial charge in [-0.1, -0.05) is 12.1 Å². The number of aromatic amines is 1. The third-order valence-corrected chi connectivity index (χ3v) is 2.25. The predicted octanol–water partition coefficient (Wildman–Crippen LogP) is 2.64. The van der Waals surface area contributed by atoms with Crippen molar-refractivity contribution in [1.82, 2.24) is 4.98 Å². The van der Waals surface area contributed by atoms with Gasteiger partial charge in [-0.3, -0.25) is 0 Å². The number of nitrogens with one attached hydrogen (secondary N) is 2. The first-order valence-electron chi connectivity index (χ1n) is 4.88. The Morgan fingerprint density at radius 2 is 2.13 bits per heavy atom. The van der Waals surface area contributed by atoms with Crippen LogP contribution in [0.4, 0.5) is 5.69 Å². The topological polar surface area (TPSA) is 37.0 Å². The van der Waals surface area contributed by atoms with Crippen LogP contribution in [0.2, 0.25) is 0 Å². The molecule has 0 saturated carbocycles. The minimum atomic E-state index is 0.796. The molecule has 15 heavy (non-hydrogen) atoms. The minimum absolute atomic E-state index is 0.796. The van der Waals surface area contributed by atoms with Gasteiger partial charge in [0.1, 0.15) is 5.75 Å². The second kappa shape index (κ2) is 4.55. The normalized spacial score (nSPS) is 9.93. The SMILES string of the molecule is COc1ccccc1NCc1cc[nH]c1. The number of hydrogen-bond donors (Lipinski definition) is 2. The lowest BCUT2D eigenvalue weighted by atomic mass is 10.2. The number of methoxy groups -OCH3 is 1. The van der Waals surface area contributed by atoms with Crippen molar-refractivity contribution in [2.75, 3.05) is 12.4 Å². The van der Waals surface area contributed by atoms with Crippen LogP contribution in [-0.4, -0.2) is 12.1 Å². The number of rotatable bonds is 4. The molecule has 1 aromatic carbocycles. The Balaban J connectivity index is 2.04.